The zero-order chi connectivity index (χ0) is 31.1. The van der Waals surface area contributed by atoms with Crippen molar-refractivity contribution < 1.29 is 28.5 Å². The number of esters is 1. The minimum absolute atomic E-state index is 0.278. The van der Waals surface area contributed by atoms with Gasteiger partial charge in [-0.3, -0.25) is 5.32 Å². The van der Waals surface area contributed by atoms with Crippen LogP contribution in [0.5, 0.6) is 11.5 Å². The Morgan fingerprint density at radius 1 is 1.00 bits per heavy atom. The van der Waals surface area contributed by atoms with E-state index < -0.39 is 11.6 Å². The molecule has 14 heteroatoms. The predicted molar refractivity (Wildman–Crippen MR) is 165 cm³/mol. The number of methoxy groups -OCH3 is 2. The number of thiazole rings is 1. The maximum absolute atomic E-state index is 12.6. The number of amides is 1. The highest BCUT2D eigenvalue weighted by Gasteiger charge is 2.27. The number of nitrogens with zero attached hydrogens (tertiary/aromatic N) is 5. The SMILES string of the molecule is CCOC(=O)c1sc(Nc2nc(NCc3ccc(OC)c(OC)c3)cc(N3CCN(C(=O)OC(C)(C)C)CC3)n2)nc1C. The summed E-state index contributed by atoms with van der Waals surface area (Å²) < 4.78 is 21.5. The summed E-state index contributed by atoms with van der Waals surface area (Å²) in [5, 5.41) is 7.00. The molecule has 0 unspecified atom stereocenters. The molecule has 0 spiro atoms. The number of carbonyl (C=O) groups excluding carboxylic acids is 2. The molecular formula is C29H39N7O6S. The van der Waals surface area contributed by atoms with Crippen molar-refractivity contribution in [2.24, 2.45) is 0 Å². The molecule has 13 nitrogen and oxygen atoms in total. The number of ether oxygens (including phenoxy) is 4. The molecule has 43 heavy (non-hydrogen) atoms. The van der Waals surface area contributed by atoms with Crippen molar-refractivity contribution in [3.8, 4) is 11.5 Å². The van der Waals surface area contributed by atoms with Gasteiger partial charge in [0.2, 0.25) is 5.95 Å². The van der Waals surface area contributed by atoms with Crippen LogP contribution in [-0.4, -0.2) is 84.5 Å². The van der Waals surface area contributed by atoms with Gasteiger partial charge in [0.25, 0.3) is 0 Å². The second-order valence-corrected chi connectivity index (χ2v) is 11.7. The van der Waals surface area contributed by atoms with Gasteiger partial charge in [-0.1, -0.05) is 17.4 Å². The number of rotatable bonds is 10. The lowest BCUT2D eigenvalue weighted by atomic mass is 10.2. The average molecular weight is 614 g/mol. The van der Waals surface area contributed by atoms with Crippen molar-refractivity contribution >= 4 is 46.1 Å². The third kappa shape index (κ3) is 8.37. The molecule has 2 N–H and O–H groups in total. The molecule has 1 aromatic carbocycles. The first-order valence-corrected chi connectivity index (χ1v) is 14.8. The van der Waals surface area contributed by atoms with Crippen molar-refractivity contribution in [2.75, 3.05) is 62.5 Å². The molecule has 1 aliphatic heterocycles. The highest BCUT2D eigenvalue weighted by molar-refractivity contribution is 7.17. The number of benzene rings is 1. The number of anilines is 4. The average Bonchev–Trinajstić information content (AvgIpc) is 3.34. The van der Waals surface area contributed by atoms with Crippen molar-refractivity contribution in [3.05, 3.63) is 40.4 Å². The van der Waals surface area contributed by atoms with E-state index in [1.165, 1.54) is 11.3 Å². The Kier molecular flexibility index (Phi) is 10.1. The Labute approximate surface area is 255 Å². The fourth-order valence-corrected chi connectivity index (χ4v) is 5.16. The zero-order valence-electron chi connectivity index (χ0n) is 25.6. The first kappa shape index (κ1) is 31.6. The summed E-state index contributed by atoms with van der Waals surface area (Å²) in [6.45, 7) is 11.9. The maximum Gasteiger partial charge on any atom is 0.410 e. The smallest absolute Gasteiger partial charge is 0.410 e. The lowest BCUT2D eigenvalue weighted by Crippen LogP contribution is -2.50. The molecule has 232 valence electrons. The maximum atomic E-state index is 12.6. The van der Waals surface area contributed by atoms with Crippen LogP contribution in [0.3, 0.4) is 0 Å². The Morgan fingerprint density at radius 3 is 2.37 bits per heavy atom. The van der Waals surface area contributed by atoms with Crippen LogP contribution in [0.1, 0.15) is 48.6 Å². The number of carbonyl (C=O) groups is 2. The van der Waals surface area contributed by atoms with Crippen molar-refractivity contribution in [2.45, 2.75) is 46.8 Å². The van der Waals surface area contributed by atoms with E-state index in [2.05, 4.69) is 25.5 Å². The third-order valence-electron chi connectivity index (χ3n) is 6.37. The number of nitrogens with one attached hydrogen (secondary N) is 2. The number of piperazine rings is 1. The lowest BCUT2D eigenvalue weighted by Gasteiger charge is -2.36. The highest BCUT2D eigenvalue weighted by atomic mass is 32.1. The molecule has 1 amide bonds. The van der Waals surface area contributed by atoms with Crippen LogP contribution < -0.4 is 25.0 Å². The van der Waals surface area contributed by atoms with Crippen LogP contribution in [0.2, 0.25) is 0 Å². The number of hydrogen-bond donors (Lipinski definition) is 2. The summed E-state index contributed by atoms with van der Waals surface area (Å²) in [5.41, 5.74) is 0.970. The lowest BCUT2D eigenvalue weighted by molar-refractivity contribution is 0.0240. The molecule has 0 aliphatic carbocycles. The van der Waals surface area contributed by atoms with E-state index in [4.69, 9.17) is 23.9 Å². The van der Waals surface area contributed by atoms with Gasteiger partial charge in [0, 0.05) is 38.8 Å². The van der Waals surface area contributed by atoms with Gasteiger partial charge in [0.15, 0.2) is 16.6 Å². The molecule has 4 rings (SSSR count). The fraction of sp³-hybridized carbons (Fsp3) is 0.483. The zero-order valence-corrected chi connectivity index (χ0v) is 26.5. The third-order valence-corrected chi connectivity index (χ3v) is 7.42. The van der Waals surface area contributed by atoms with E-state index in [-0.39, 0.29) is 12.7 Å². The second-order valence-electron chi connectivity index (χ2n) is 10.7. The molecule has 0 atom stereocenters. The molecular weight excluding hydrogens is 574 g/mol. The first-order chi connectivity index (χ1) is 20.5. The van der Waals surface area contributed by atoms with Crippen molar-refractivity contribution in [1.29, 1.82) is 0 Å². The topological polar surface area (TPSA) is 140 Å². The molecule has 3 aromatic rings. The minimum atomic E-state index is -0.558. The van der Waals surface area contributed by atoms with Crippen molar-refractivity contribution in [3.63, 3.8) is 0 Å². The van der Waals surface area contributed by atoms with E-state index >= 15 is 0 Å². The van der Waals surface area contributed by atoms with E-state index in [1.807, 2.05) is 45.0 Å². The van der Waals surface area contributed by atoms with Gasteiger partial charge in [0.1, 0.15) is 22.1 Å². The van der Waals surface area contributed by atoms with E-state index in [0.717, 1.165) is 5.56 Å². The quantitative estimate of drug-likeness (QED) is 0.302. The summed E-state index contributed by atoms with van der Waals surface area (Å²) in [6.07, 6.45) is -0.328. The number of aryl methyl sites for hydroxylation is 1. The van der Waals surface area contributed by atoms with Gasteiger partial charge in [-0.2, -0.15) is 9.97 Å². The van der Waals surface area contributed by atoms with Crippen molar-refractivity contribution in [1.82, 2.24) is 19.9 Å². The molecule has 0 radical (unpaired) electrons. The summed E-state index contributed by atoms with van der Waals surface area (Å²) >= 11 is 1.18. The summed E-state index contributed by atoms with van der Waals surface area (Å²) in [7, 11) is 3.19. The van der Waals surface area contributed by atoms with E-state index in [1.54, 1.807) is 33.0 Å². The summed E-state index contributed by atoms with van der Waals surface area (Å²) in [4.78, 5) is 43.0. The Hall–Kier alpha value is -4.33. The number of aromatic nitrogens is 3. The summed E-state index contributed by atoms with van der Waals surface area (Å²) in [6, 6.07) is 7.57. The first-order valence-electron chi connectivity index (χ1n) is 14.0. The molecule has 1 saturated heterocycles. The molecule has 0 bridgehead atoms. The standard InChI is InChI=1S/C29H39N7O6S/c1-8-41-25(37)24-18(2)31-27(43-24)34-26-32-22(30-17-19-9-10-20(39-6)21(15-19)40-7)16-23(33-26)35-11-13-36(14-12-35)28(38)42-29(3,4)5/h9-10,15-16H,8,11-14,17H2,1-7H3,(H2,30,31,32,33,34). The van der Waals surface area contributed by atoms with Gasteiger partial charge in [-0.05, 0) is 52.3 Å². The van der Waals surface area contributed by atoms with E-state index in [0.29, 0.717) is 77.5 Å². The Morgan fingerprint density at radius 2 is 1.72 bits per heavy atom. The highest BCUT2D eigenvalue weighted by Crippen LogP contribution is 2.30. The van der Waals surface area contributed by atoms with E-state index in [9.17, 15) is 9.59 Å². The fourth-order valence-electron chi connectivity index (χ4n) is 4.30. The van der Waals surface area contributed by atoms with Crippen LogP contribution >= 0.6 is 11.3 Å². The van der Waals surface area contributed by atoms with Gasteiger partial charge in [0.05, 0.1) is 26.5 Å². The predicted octanol–water partition coefficient (Wildman–Crippen LogP) is 4.85. The molecule has 3 heterocycles. The number of hydrogen-bond acceptors (Lipinski definition) is 13. The Balaban J connectivity index is 1.55. The minimum Gasteiger partial charge on any atom is -0.493 e. The normalized spacial score (nSPS) is 13.4. The van der Waals surface area contributed by atoms with Gasteiger partial charge < -0.3 is 34.1 Å². The molecule has 1 fully saturated rings. The van der Waals surface area contributed by atoms with Crippen LogP contribution in [0.25, 0.3) is 0 Å². The van der Waals surface area contributed by atoms with Gasteiger partial charge >= 0.3 is 12.1 Å². The second kappa shape index (κ2) is 13.8. The van der Waals surface area contributed by atoms with Crippen LogP contribution in [0.15, 0.2) is 24.3 Å². The van der Waals surface area contributed by atoms with Crippen LogP contribution in [-0.2, 0) is 16.0 Å². The van der Waals surface area contributed by atoms with Gasteiger partial charge in [-0.15, -0.1) is 0 Å². The van der Waals surface area contributed by atoms with Crippen LogP contribution in [0.4, 0.5) is 27.5 Å². The monoisotopic (exact) mass is 613 g/mol. The molecule has 2 aromatic heterocycles. The molecule has 1 aliphatic rings. The van der Waals surface area contributed by atoms with Gasteiger partial charge in [-0.25, -0.2) is 14.6 Å². The Bertz CT molecular complexity index is 1430. The summed E-state index contributed by atoms with van der Waals surface area (Å²) in [5.74, 6) is 2.43. The molecule has 0 saturated carbocycles. The van der Waals surface area contributed by atoms with Crippen LogP contribution in [0, 0.1) is 6.92 Å². The largest absolute Gasteiger partial charge is 0.493 e.